The summed E-state index contributed by atoms with van der Waals surface area (Å²) in [5.74, 6) is 2.52. The normalized spacial score (nSPS) is 20.2. The topological polar surface area (TPSA) is 55.0 Å². The predicted molar refractivity (Wildman–Crippen MR) is 85.2 cm³/mol. The standard InChI is InChI=1S/C16H28N4/c1-6-12-9-7-8-10-20(12)14-11(2)13(17)18-15(19-14)16(3,4)5/h12H,6-10H2,1-5H3,(H2,17,18,19). The zero-order valence-corrected chi connectivity index (χ0v) is 13.5. The van der Waals surface area contributed by atoms with Gasteiger partial charge in [0, 0.05) is 23.6 Å². The van der Waals surface area contributed by atoms with Crippen molar-refractivity contribution in [2.24, 2.45) is 0 Å². The largest absolute Gasteiger partial charge is 0.383 e. The molecule has 0 aliphatic carbocycles. The molecule has 0 aromatic carbocycles. The van der Waals surface area contributed by atoms with Crippen molar-refractivity contribution in [3.8, 4) is 0 Å². The second kappa shape index (κ2) is 5.58. The van der Waals surface area contributed by atoms with E-state index >= 15 is 0 Å². The van der Waals surface area contributed by atoms with Crippen LogP contribution in [0.15, 0.2) is 0 Å². The van der Waals surface area contributed by atoms with Gasteiger partial charge in [-0.2, -0.15) is 0 Å². The van der Waals surface area contributed by atoms with E-state index in [1.807, 2.05) is 6.92 Å². The first-order valence-corrected chi connectivity index (χ1v) is 7.75. The molecule has 2 rings (SSSR count). The Labute approximate surface area is 122 Å². The SMILES string of the molecule is CCC1CCCCN1c1nc(C(C)(C)C)nc(N)c1C. The summed E-state index contributed by atoms with van der Waals surface area (Å²) in [6, 6.07) is 0.588. The van der Waals surface area contributed by atoms with E-state index in [9.17, 15) is 0 Å². The highest BCUT2D eigenvalue weighted by Gasteiger charge is 2.27. The van der Waals surface area contributed by atoms with Crippen LogP contribution in [0.25, 0.3) is 0 Å². The van der Waals surface area contributed by atoms with E-state index in [1.165, 1.54) is 19.3 Å². The van der Waals surface area contributed by atoms with Gasteiger partial charge >= 0.3 is 0 Å². The molecule has 1 fully saturated rings. The predicted octanol–water partition coefficient (Wildman–Crippen LogP) is 3.43. The van der Waals surface area contributed by atoms with Gasteiger partial charge in [0.2, 0.25) is 0 Å². The molecule has 0 saturated carbocycles. The summed E-state index contributed by atoms with van der Waals surface area (Å²) in [5.41, 5.74) is 7.08. The molecule has 1 saturated heterocycles. The quantitative estimate of drug-likeness (QED) is 0.899. The second-order valence-electron chi connectivity index (χ2n) is 6.88. The van der Waals surface area contributed by atoms with Crippen molar-refractivity contribution in [3.63, 3.8) is 0 Å². The molecule has 1 unspecified atom stereocenters. The monoisotopic (exact) mass is 276 g/mol. The van der Waals surface area contributed by atoms with Crippen LogP contribution in [0.1, 0.15) is 64.8 Å². The molecule has 1 aliphatic heterocycles. The number of hydrogen-bond acceptors (Lipinski definition) is 4. The zero-order valence-electron chi connectivity index (χ0n) is 13.5. The third-order valence-corrected chi connectivity index (χ3v) is 4.20. The maximum atomic E-state index is 6.13. The lowest BCUT2D eigenvalue weighted by molar-refractivity contribution is 0.443. The molecule has 4 heteroatoms. The fourth-order valence-electron chi connectivity index (χ4n) is 2.84. The Morgan fingerprint density at radius 2 is 1.95 bits per heavy atom. The Bertz CT molecular complexity index is 476. The van der Waals surface area contributed by atoms with Gasteiger partial charge in [-0.05, 0) is 32.6 Å². The number of rotatable bonds is 2. The van der Waals surface area contributed by atoms with Crippen LogP contribution in [0.5, 0.6) is 0 Å². The van der Waals surface area contributed by atoms with Crippen molar-refractivity contribution in [2.75, 3.05) is 17.2 Å². The molecule has 1 aromatic rings. The van der Waals surface area contributed by atoms with Gasteiger partial charge in [-0.3, -0.25) is 0 Å². The summed E-state index contributed by atoms with van der Waals surface area (Å²) in [4.78, 5) is 11.8. The van der Waals surface area contributed by atoms with Crippen LogP contribution in [-0.2, 0) is 5.41 Å². The number of nitrogens with two attached hydrogens (primary N) is 1. The van der Waals surface area contributed by atoms with Crippen LogP contribution in [0.3, 0.4) is 0 Å². The van der Waals surface area contributed by atoms with Gasteiger partial charge in [0.15, 0.2) is 0 Å². The molecule has 4 nitrogen and oxygen atoms in total. The average Bonchev–Trinajstić information content (AvgIpc) is 2.40. The van der Waals surface area contributed by atoms with Gasteiger partial charge < -0.3 is 10.6 Å². The summed E-state index contributed by atoms with van der Waals surface area (Å²) >= 11 is 0. The van der Waals surface area contributed by atoms with E-state index in [1.54, 1.807) is 0 Å². The third kappa shape index (κ3) is 2.89. The molecule has 2 N–H and O–H groups in total. The van der Waals surface area contributed by atoms with E-state index < -0.39 is 0 Å². The molecule has 0 bridgehead atoms. The van der Waals surface area contributed by atoms with Crippen LogP contribution < -0.4 is 10.6 Å². The maximum absolute atomic E-state index is 6.13. The minimum Gasteiger partial charge on any atom is -0.383 e. The molecular formula is C16H28N4. The highest BCUT2D eigenvalue weighted by atomic mass is 15.2. The molecule has 2 heterocycles. The number of anilines is 2. The number of aromatic nitrogens is 2. The molecule has 1 aromatic heterocycles. The van der Waals surface area contributed by atoms with Crippen LogP contribution in [0.4, 0.5) is 11.6 Å². The van der Waals surface area contributed by atoms with Crippen molar-refractivity contribution in [1.29, 1.82) is 0 Å². The van der Waals surface area contributed by atoms with E-state index in [0.29, 0.717) is 11.9 Å². The Hall–Kier alpha value is -1.32. The summed E-state index contributed by atoms with van der Waals surface area (Å²) in [5, 5.41) is 0. The molecule has 0 radical (unpaired) electrons. The van der Waals surface area contributed by atoms with E-state index in [2.05, 4.69) is 37.6 Å². The van der Waals surface area contributed by atoms with Crippen molar-refractivity contribution >= 4 is 11.6 Å². The lowest BCUT2D eigenvalue weighted by Crippen LogP contribution is -2.40. The molecule has 1 aliphatic rings. The zero-order chi connectivity index (χ0) is 14.9. The molecule has 0 amide bonds. The first-order valence-electron chi connectivity index (χ1n) is 7.75. The first-order chi connectivity index (χ1) is 9.34. The second-order valence-corrected chi connectivity index (χ2v) is 6.88. The van der Waals surface area contributed by atoms with Crippen LogP contribution >= 0.6 is 0 Å². The molecular weight excluding hydrogens is 248 g/mol. The lowest BCUT2D eigenvalue weighted by atomic mass is 9.95. The molecule has 20 heavy (non-hydrogen) atoms. The summed E-state index contributed by atoms with van der Waals surface area (Å²) < 4.78 is 0. The Morgan fingerprint density at radius 1 is 1.25 bits per heavy atom. The van der Waals surface area contributed by atoms with Crippen molar-refractivity contribution < 1.29 is 0 Å². The number of nitrogen functional groups attached to an aromatic ring is 1. The van der Waals surface area contributed by atoms with Crippen molar-refractivity contribution in [2.45, 2.75) is 71.8 Å². The lowest BCUT2D eigenvalue weighted by Gasteiger charge is -2.37. The summed E-state index contributed by atoms with van der Waals surface area (Å²) in [6.07, 6.45) is 4.98. The smallest absolute Gasteiger partial charge is 0.138 e. The van der Waals surface area contributed by atoms with Gasteiger partial charge in [0.25, 0.3) is 0 Å². The van der Waals surface area contributed by atoms with Gasteiger partial charge in [0.1, 0.15) is 17.5 Å². The fourth-order valence-corrected chi connectivity index (χ4v) is 2.84. The molecule has 1 atom stereocenters. The van der Waals surface area contributed by atoms with E-state index in [0.717, 1.165) is 30.2 Å². The van der Waals surface area contributed by atoms with Gasteiger partial charge in [-0.25, -0.2) is 9.97 Å². The number of piperidine rings is 1. The average molecular weight is 276 g/mol. The fraction of sp³-hybridized carbons (Fsp3) is 0.750. The highest BCUT2D eigenvalue weighted by Crippen LogP contribution is 2.31. The van der Waals surface area contributed by atoms with Gasteiger partial charge in [-0.15, -0.1) is 0 Å². The highest BCUT2D eigenvalue weighted by molar-refractivity contribution is 5.57. The van der Waals surface area contributed by atoms with Crippen LogP contribution in [-0.4, -0.2) is 22.6 Å². The Morgan fingerprint density at radius 3 is 2.55 bits per heavy atom. The van der Waals surface area contributed by atoms with Gasteiger partial charge in [0.05, 0.1) is 0 Å². The summed E-state index contributed by atoms with van der Waals surface area (Å²) in [7, 11) is 0. The first kappa shape index (κ1) is 15.1. The number of nitrogens with zero attached hydrogens (tertiary/aromatic N) is 3. The van der Waals surface area contributed by atoms with Crippen LogP contribution in [0.2, 0.25) is 0 Å². The minimum atomic E-state index is -0.0753. The van der Waals surface area contributed by atoms with E-state index in [-0.39, 0.29) is 5.41 Å². The van der Waals surface area contributed by atoms with E-state index in [4.69, 9.17) is 10.7 Å². The molecule has 112 valence electrons. The Kier molecular flexibility index (Phi) is 4.21. The summed E-state index contributed by atoms with van der Waals surface area (Å²) in [6.45, 7) is 11.8. The Balaban J connectivity index is 2.46. The van der Waals surface area contributed by atoms with Crippen LogP contribution in [0, 0.1) is 6.92 Å². The van der Waals surface area contributed by atoms with Crippen molar-refractivity contribution in [3.05, 3.63) is 11.4 Å². The number of hydrogen-bond donors (Lipinski definition) is 1. The third-order valence-electron chi connectivity index (χ3n) is 4.20. The minimum absolute atomic E-state index is 0.0753. The van der Waals surface area contributed by atoms with Gasteiger partial charge in [-0.1, -0.05) is 27.7 Å². The van der Waals surface area contributed by atoms with Crippen molar-refractivity contribution in [1.82, 2.24) is 9.97 Å². The molecule has 0 spiro atoms. The maximum Gasteiger partial charge on any atom is 0.138 e.